The fraction of sp³-hybridized carbons (Fsp3) is 0.312. The first-order chi connectivity index (χ1) is 9.52. The van der Waals surface area contributed by atoms with Gasteiger partial charge in [0.15, 0.2) is 0 Å². The van der Waals surface area contributed by atoms with Gasteiger partial charge in [-0.25, -0.2) is 4.79 Å². The molecule has 0 saturated carbocycles. The lowest BCUT2D eigenvalue weighted by atomic mass is 9.95. The molecule has 0 bridgehead atoms. The minimum Gasteiger partial charge on any atom is -0.434 e. The Bertz CT molecular complexity index is 635. The Labute approximate surface area is 123 Å². The van der Waals surface area contributed by atoms with Gasteiger partial charge in [-0.2, -0.15) is 0 Å². The van der Waals surface area contributed by atoms with Crippen LogP contribution in [-0.4, -0.2) is 12.8 Å². The number of hydrogen-bond donors (Lipinski definition) is 0. The van der Waals surface area contributed by atoms with Gasteiger partial charge in [-0.05, 0) is 42.0 Å². The Hall–Kier alpha value is -1.74. The first kappa shape index (κ1) is 14.7. The zero-order valence-electron chi connectivity index (χ0n) is 11.8. The van der Waals surface area contributed by atoms with Crippen LogP contribution in [0.2, 0.25) is 5.02 Å². The number of fused-ring (bicyclic) bond motifs is 1. The van der Waals surface area contributed by atoms with Crippen molar-refractivity contribution in [3.63, 3.8) is 0 Å². The summed E-state index contributed by atoms with van der Waals surface area (Å²) in [5.74, 6) is 0.741. The molecule has 0 aromatic heterocycles. The summed E-state index contributed by atoms with van der Waals surface area (Å²) in [6.45, 7) is 6.18. The quantitative estimate of drug-likeness (QED) is 0.579. The summed E-state index contributed by atoms with van der Waals surface area (Å²) in [7, 11) is 0. The van der Waals surface area contributed by atoms with Crippen molar-refractivity contribution in [2.45, 2.75) is 26.7 Å². The van der Waals surface area contributed by atoms with Gasteiger partial charge in [0.05, 0.1) is 6.61 Å². The highest BCUT2D eigenvalue weighted by Gasteiger charge is 2.13. The van der Waals surface area contributed by atoms with Crippen molar-refractivity contribution in [1.82, 2.24) is 0 Å². The predicted octanol–water partition coefficient (Wildman–Crippen LogP) is 5.15. The van der Waals surface area contributed by atoms with Crippen molar-refractivity contribution >= 4 is 28.5 Å². The molecule has 0 aliphatic carbocycles. The zero-order valence-corrected chi connectivity index (χ0v) is 12.5. The fourth-order valence-corrected chi connectivity index (χ4v) is 2.43. The monoisotopic (exact) mass is 292 g/mol. The number of hydrogen-bond acceptors (Lipinski definition) is 3. The van der Waals surface area contributed by atoms with Crippen LogP contribution in [0.4, 0.5) is 4.79 Å². The van der Waals surface area contributed by atoms with Crippen molar-refractivity contribution in [1.29, 1.82) is 0 Å². The van der Waals surface area contributed by atoms with Crippen molar-refractivity contribution in [2.75, 3.05) is 6.61 Å². The molecule has 0 heterocycles. The van der Waals surface area contributed by atoms with E-state index < -0.39 is 6.16 Å². The molecule has 0 amide bonds. The van der Waals surface area contributed by atoms with Crippen LogP contribution in [0, 0.1) is 0 Å². The summed E-state index contributed by atoms with van der Waals surface area (Å²) in [5.41, 5.74) is 1.05. The Kier molecular flexibility index (Phi) is 4.50. The summed E-state index contributed by atoms with van der Waals surface area (Å²) in [4.78, 5) is 11.4. The van der Waals surface area contributed by atoms with Crippen molar-refractivity contribution < 1.29 is 14.3 Å². The number of carbonyl (C=O) groups is 1. The third-order valence-electron chi connectivity index (χ3n) is 3.02. The number of benzene rings is 2. The van der Waals surface area contributed by atoms with Crippen LogP contribution in [-0.2, 0) is 4.74 Å². The van der Waals surface area contributed by atoms with Crippen molar-refractivity contribution in [2.24, 2.45) is 0 Å². The number of rotatable bonds is 3. The molecule has 106 valence electrons. The Morgan fingerprint density at radius 1 is 1.30 bits per heavy atom. The van der Waals surface area contributed by atoms with E-state index in [-0.39, 0.29) is 12.5 Å². The lowest BCUT2D eigenvalue weighted by Gasteiger charge is -2.14. The molecule has 3 nitrogen and oxygen atoms in total. The van der Waals surface area contributed by atoms with Gasteiger partial charge in [0, 0.05) is 10.4 Å². The molecule has 0 N–H and O–H groups in total. The lowest BCUT2D eigenvalue weighted by molar-refractivity contribution is 0.104. The molecule has 0 atom stereocenters. The molecule has 0 aliphatic heterocycles. The molecule has 0 fully saturated rings. The highest BCUT2D eigenvalue weighted by Crippen LogP contribution is 2.34. The minimum atomic E-state index is -0.691. The number of carbonyl (C=O) groups excluding carboxylic acids is 1. The largest absolute Gasteiger partial charge is 0.513 e. The first-order valence-corrected chi connectivity index (χ1v) is 6.97. The average molecular weight is 293 g/mol. The second-order valence-electron chi connectivity index (χ2n) is 4.79. The van der Waals surface area contributed by atoms with Crippen molar-refractivity contribution in [3.8, 4) is 5.75 Å². The summed E-state index contributed by atoms with van der Waals surface area (Å²) in [6.07, 6.45) is -0.691. The van der Waals surface area contributed by atoms with Gasteiger partial charge in [-0.15, -0.1) is 0 Å². The van der Waals surface area contributed by atoms with Gasteiger partial charge >= 0.3 is 6.16 Å². The van der Waals surface area contributed by atoms with Gasteiger partial charge in [0.25, 0.3) is 0 Å². The molecule has 20 heavy (non-hydrogen) atoms. The van der Waals surface area contributed by atoms with E-state index in [4.69, 9.17) is 21.1 Å². The summed E-state index contributed by atoms with van der Waals surface area (Å²) >= 11 is 6.28. The van der Waals surface area contributed by atoms with Crippen LogP contribution in [0.25, 0.3) is 10.8 Å². The van der Waals surface area contributed by atoms with E-state index in [0.29, 0.717) is 10.8 Å². The van der Waals surface area contributed by atoms with Gasteiger partial charge in [-0.1, -0.05) is 37.6 Å². The molecule has 0 radical (unpaired) electrons. The van der Waals surface area contributed by atoms with E-state index in [1.807, 2.05) is 24.3 Å². The summed E-state index contributed by atoms with van der Waals surface area (Å²) < 4.78 is 9.98. The maximum absolute atomic E-state index is 11.4. The second kappa shape index (κ2) is 6.14. The molecule has 0 spiro atoms. The predicted molar refractivity (Wildman–Crippen MR) is 80.7 cm³/mol. The van der Waals surface area contributed by atoms with Crippen LogP contribution >= 0.6 is 11.6 Å². The SMILES string of the molecule is CCOC(=O)Oc1cc(C(C)C)c2c(Cl)cccc2c1. The topological polar surface area (TPSA) is 35.5 Å². The van der Waals surface area contributed by atoms with Gasteiger partial charge in [0.2, 0.25) is 0 Å². The number of halogens is 1. The lowest BCUT2D eigenvalue weighted by Crippen LogP contribution is -2.10. The Morgan fingerprint density at radius 2 is 2.05 bits per heavy atom. The van der Waals surface area contributed by atoms with Crippen LogP contribution in [0.3, 0.4) is 0 Å². The van der Waals surface area contributed by atoms with E-state index in [2.05, 4.69) is 13.8 Å². The average Bonchev–Trinajstić information content (AvgIpc) is 2.38. The molecule has 4 heteroatoms. The van der Waals surface area contributed by atoms with Gasteiger partial charge in [-0.3, -0.25) is 0 Å². The van der Waals surface area contributed by atoms with E-state index in [1.54, 1.807) is 13.0 Å². The number of ether oxygens (including phenoxy) is 2. The molecule has 2 rings (SSSR count). The highest BCUT2D eigenvalue weighted by atomic mass is 35.5. The van der Waals surface area contributed by atoms with Crippen molar-refractivity contribution in [3.05, 3.63) is 40.9 Å². The Balaban J connectivity index is 2.51. The van der Waals surface area contributed by atoms with Crippen LogP contribution in [0.1, 0.15) is 32.3 Å². The van der Waals surface area contributed by atoms with Crippen LogP contribution in [0.5, 0.6) is 5.75 Å². The highest BCUT2D eigenvalue weighted by molar-refractivity contribution is 6.35. The maximum atomic E-state index is 11.4. The molecular weight excluding hydrogens is 276 g/mol. The molecule has 0 aliphatic rings. The summed E-state index contributed by atoms with van der Waals surface area (Å²) in [5, 5.41) is 2.65. The molecule has 0 unspecified atom stereocenters. The Morgan fingerprint density at radius 3 is 2.70 bits per heavy atom. The molecule has 2 aromatic carbocycles. The minimum absolute atomic E-state index is 0.267. The second-order valence-corrected chi connectivity index (χ2v) is 5.20. The van der Waals surface area contributed by atoms with E-state index in [0.717, 1.165) is 16.3 Å². The molecular formula is C16H17ClO3. The standard InChI is InChI=1S/C16H17ClO3/c1-4-19-16(18)20-12-8-11-6-5-7-14(17)15(11)13(9-12)10(2)3/h5-10H,4H2,1-3H3. The smallest absolute Gasteiger partial charge is 0.434 e. The first-order valence-electron chi connectivity index (χ1n) is 6.59. The molecule has 2 aromatic rings. The van der Waals surface area contributed by atoms with Crippen LogP contribution in [0.15, 0.2) is 30.3 Å². The maximum Gasteiger partial charge on any atom is 0.513 e. The van der Waals surface area contributed by atoms with Gasteiger partial charge < -0.3 is 9.47 Å². The van der Waals surface area contributed by atoms with E-state index in [1.165, 1.54) is 0 Å². The van der Waals surface area contributed by atoms with E-state index >= 15 is 0 Å². The zero-order chi connectivity index (χ0) is 14.7. The van der Waals surface area contributed by atoms with E-state index in [9.17, 15) is 4.79 Å². The summed E-state index contributed by atoms with van der Waals surface area (Å²) in [6, 6.07) is 9.33. The third-order valence-corrected chi connectivity index (χ3v) is 3.33. The van der Waals surface area contributed by atoms with Crippen LogP contribution < -0.4 is 4.74 Å². The van der Waals surface area contributed by atoms with Gasteiger partial charge in [0.1, 0.15) is 5.75 Å². The normalized spacial score (nSPS) is 10.8. The fourth-order valence-electron chi connectivity index (χ4n) is 2.14. The molecule has 0 saturated heterocycles. The third kappa shape index (κ3) is 3.05.